The molecule has 2 aliphatic heterocycles. The van der Waals surface area contributed by atoms with E-state index < -0.39 is 11.9 Å². The second kappa shape index (κ2) is 7.43. The van der Waals surface area contributed by atoms with Gasteiger partial charge in [0.25, 0.3) is 5.91 Å². The highest BCUT2D eigenvalue weighted by Crippen LogP contribution is 2.34. The van der Waals surface area contributed by atoms with Gasteiger partial charge in [-0.1, -0.05) is 24.8 Å². The van der Waals surface area contributed by atoms with Crippen LogP contribution >= 0.6 is 0 Å². The van der Waals surface area contributed by atoms with Crippen molar-refractivity contribution in [3.63, 3.8) is 0 Å². The number of ether oxygens (including phenoxy) is 1. The molecule has 7 nitrogen and oxygen atoms in total. The van der Waals surface area contributed by atoms with Gasteiger partial charge >= 0.3 is 0 Å². The molecular formula is C22H21N3O4. The second-order valence-corrected chi connectivity index (χ2v) is 7.21. The first-order chi connectivity index (χ1) is 13.9. The van der Waals surface area contributed by atoms with Gasteiger partial charge in [-0.15, -0.1) is 0 Å². The van der Waals surface area contributed by atoms with E-state index in [0.717, 1.165) is 11.1 Å². The average Bonchev–Trinajstić information content (AvgIpc) is 3.04. The molecule has 29 heavy (non-hydrogen) atoms. The molecular weight excluding hydrogens is 370 g/mol. The van der Waals surface area contributed by atoms with Gasteiger partial charge in [-0.2, -0.15) is 0 Å². The molecule has 7 heteroatoms. The summed E-state index contributed by atoms with van der Waals surface area (Å²) in [5, 5.41) is 2.74. The Bertz CT molecular complexity index is 1010. The summed E-state index contributed by atoms with van der Waals surface area (Å²) in [5.74, 6) is -0.228. The van der Waals surface area contributed by atoms with Crippen LogP contribution in [0.3, 0.4) is 0 Å². The molecule has 0 aliphatic carbocycles. The number of amides is 3. The van der Waals surface area contributed by atoms with E-state index in [1.807, 2.05) is 6.07 Å². The lowest BCUT2D eigenvalue weighted by Gasteiger charge is -2.31. The van der Waals surface area contributed by atoms with E-state index in [9.17, 15) is 14.4 Å². The van der Waals surface area contributed by atoms with Crippen LogP contribution in [-0.4, -0.2) is 28.7 Å². The Morgan fingerprint density at radius 3 is 2.66 bits per heavy atom. The number of rotatable bonds is 5. The lowest BCUT2D eigenvalue weighted by molar-refractivity contribution is -0.126. The minimum atomic E-state index is -0.505. The molecule has 2 heterocycles. The van der Waals surface area contributed by atoms with Gasteiger partial charge in [0.15, 0.2) is 0 Å². The van der Waals surface area contributed by atoms with E-state index in [1.54, 1.807) is 41.3 Å². The van der Waals surface area contributed by atoms with Crippen molar-refractivity contribution in [2.75, 3.05) is 0 Å². The highest BCUT2D eigenvalue weighted by Gasteiger charge is 2.39. The fourth-order valence-corrected chi connectivity index (χ4v) is 3.70. The third-order valence-corrected chi connectivity index (χ3v) is 5.28. The van der Waals surface area contributed by atoms with Crippen LogP contribution < -0.4 is 15.8 Å². The summed E-state index contributed by atoms with van der Waals surface area (Å²) in [6, 6.07) is 11.7. The van der Waals surface area contributed by atoms with Gasteiger partial charge in [0.05, 0.1) is 6.54 Å². The number of nitrogens with two attached hydrogens (primary N) is 1. The number of carbonyl (C=O) groups is 3. The van der Waals surface area contributed by atoms with Gasteiger partial charge in [0, 0.05) is 22.4 Å². The molecule has 0 spiro atoms. The molecule has 0 aromatic heterocycles. The van der Waals surface area contributed by atoms with Crippen molar-refractivity contribution in [3.8, 4) is 5.75 Å². The molecule has 1 fully saturated rings. The van der Waals surface area contributed by atoms with Crippen molar-refractivity contribution in [1.82, 2.24) is 10.2 Å². The second-order valence-electron chi connectivity index (χ2n) is 7.21. The predicted octanol–water partition coefficient (Wildman–Crippen LogP) is 2.11. The maximum Gasteiger partial charge on any atom is 0.255 e. The van der Waals surface area contributed by atoms with Crippen molar-refractivity contribution in [2.24, 2.45) is 5.73 Å². The molecule has 0 bridgehead atoms. The first kappa shape index (κ1) is 18.7. The molecule has 2 aromatic carbocycles. The molecule has 0 radical (unpaired) electrons. The average molecular weight is 391 g/mol. The molecule has 4 rings (SSSR count). The lowest BCUT2D eigenvalue weighted by Crippen LogP contribution is -2.49. The zero-order valence-corrected chi connectivity index (χ0v) is 15.8. The zero-order chi connectivity index (χ0) is 20.5. The number of nitrogens with zero attached hydrogens (tertiary/aromatic N) is 1. The lowest BCUT2D eigenvalue weighted by atomic mass is 10.0. The maximum absolute atomic E-state index is 12.9. The number of primary amides is 1. The summed E-state index contributed by atoms with van der Waals surface area (Å²) in [7, 11) is 0. The van der Waals surface area contributed by atoms with Gasteiger partial charge in [0.1, 0.15) is 18.4 Å². The van der Waals surface area contributed by atoms with E-state index in [0.29, 0.717) is 42.0 Å². The molecule has 1 atom stereocenters. The van der Waals surface area contributed by atoms with Crippen molar-refractivity contribution >= 4 is 17.7 Å². The highest BCUT2D eigenvalue weighted by molar-refractivity contribution is 6.02. The molecule has 1 saturated heterocycles. The van der Waals surface area contributed by atoms with Crippen molar-refractivity contribution in [3.05, 3.63) is 77.0 Å². The van der Waals surface area contributed by atoms with Crippen LogP contribution in [0.4, 0.5) is 0 Å². The van der Waals surface area contributed by atoms with Crippen molar-refractivity contribution in [1.29, 1.82) is 0 Å². The molecule has 2 aliphatic rings. The number of nitrogens with one attached hydrogen (secondary N) is 1. The first-order valence-electron chi connectivity index (χ1n) is 9.37. The summed E-state index contributed by atoms with van der Waals surface area (Å²) in [5.41, 5.74) is 8.59. The minimum absolute atomic E-state index is 0.163. The van der Waals surface area contributed by atoms with Crippen LogP contribution in [0.25, 0.3) is 0 Å². The Balaban J connectivity index is 1.50. The number of fused-ring (bicyclic) bond motifs is 1. The Kier molecular flexibility index (Phi) is 4.80. The van der Waals surface area contributed by atoms with Crippen LogP contribution in [0, 0.1) is 0 Å². The van der Waals surface area contributed by atoms with Crippen LogP contribution in [0.2, 0.25) is 0 Å². The first-order valence-corrected chi connectivity index (χ1v) is 9.37. The monoisotopic (exact) mass is 391 g/mol. The smallest absolute Gasteiger partial charge is 0.255 e. The summed E-state index contributed by atoms with van der Waals surface area (Å²) < 4.78 is 5.95. The molecule has 0 saturated carbocycles. The Labute approximate surface area is 168 Å². The number of allylic oxidation sites excluding steroid dienone is 1. The van der Waals surface area contributed by atoms with Gasteiger partial charge < -0.3 is 20.7 Å². The maximum atomic E-state index is 12.9. The number of piperidine rings is 1. The van der Waals surface area contributed by atoms with Gasteiger partial charge in [-0.3, -0.25) is 14.4 Å². The van der Waals surface area contributed by atoms with E-state index in [1.165, 1.54) is 0 Å². The van der Waals surface area contributed by atoms with E-state index in [2.05, 4.69) is 11.9 Å². The van der Waals surface area contributed by atoms with E-state index >= 15 is 0 Å². The summed E-state index contributed by atoms with van der Waals surface area (Å²) in [6.45, 7) is 4.40. The van der Waals surface area contributed by atoms with Gasteiger partial charge in [-0.25, -0.2) is 0 Å². The van der Waals surface area contributed by atoms with E-state index in [4.69, 9.17) is 10.5 Å². The highest BCUT2D eigenvalue weighted by atomic mass is 16.5. The standard InChI is InChI=1S/C22H21N3O4/c1-13-5-10-18(21(27)24-13)25-11-17-16(22(25)28)3-2-4-19(17)29-12-14-6-8-15(9-7-14)20(23)26/h2-4,6-9,18H,1,5,10-12H2,(H2,23,26)(H,24,27). The minimum Gasteiger partial charge on any atom is -0.489 e. The Hall–Kier alpha value is -3.61. The van der Waals surface area contributed by atoms with Crippen molar-refractivity contribution in [2.45, 2.75) is 32.0 Å². The summed E-state index contributed by atoms with van der Waals surface area (Å²) in [4.78, 5) is 38.0. The van der Waals surface area contributed by atoms with Crippen LogP contribution in [-0.2, 0) is 17.9 Å². The molecule has 2 aromatic rings. The molecule has 1 unspecified atom stereocenters. The number of carbonyl (C=O) groups excluding carboxylic acids is 3. The summed E-state index contributed by atoms with van der Waals surface area (Å²) >= 11 is 0. The third kappa shape index (κ3) is 3.59. The molecule has 3 N–H and O–H groups in total. The molecule has 3 amide bonds. The quantitative estimate of drug-likeness (QED) is 0.815. The number of hydrogen-bond donors (Lipinski definition) is 2. The Morgan fingerprint density at radius 1 is 1.21 bits per heavy atom. The molecule has 148 valence electrons. The fourth-order valence-electron chi connectivity index (χ4n) is 3.70. The van der Waals surface area contributed by atoms with Crippen LogP contribution in [0.5, 0.6) is 5.75 Å². The normalized spacial score (nSPS) is 18.4. The van der Waals surface area contributed by atoms with Gasteiger partial charge in [-0.05, 0) is 42.7 Å². The topological polar surface area (TPSA) is 102 Å². The SMILES string of the molecule is C=C1CCC(N2Cc3c(OCc4ccc(C(N)=O)cc4)cccc3C2=O)C(=O)N1. The summed E-state index contributed by atoms with van der Waals surface area (Å²) in [6.07, 6.45) is 1.22. The third-order valence-electron chi connectivity index (χ3n) is 5.28. The Morgan fingerprint density at radius 2 is 1.97 bits per heavy atom. The van der Waals surface area contributed by atoms with Gasteiger partial charge in [0.2, 0.25) is 11.8 Å². The van der Waals surface area contributed by atoms with Crippen LogP contribution in [0.1, 0.15) is 44.7 Å². The largest absolute Gasteiger partial charge is 0.489 e. The number of hydrogen-bond acceptors (Lipinski definition) is 4. The predicted molar refractivity (Wildman–Crippen MR) is 106 cm³/mol. The fraction of sp³-hybridized carbons (Fsp3) is 0.227. The zero-order valence-electron chi connectivity index (χ0n) is 15.8. The van der Waals surface area contributed by atoms with Crippen LogP contribution in [0.15, 0.2) is 54.7 Å². The van der Waals surface area contributed by atoms with E-state index in [-0.39, 0.29) is 18.4 Å². The van der Waals surface area contributed by atoms with Crippen molar-refractivity contribution < 1.29 is 19.1 Å². The number of benzene rings is 2.